The van der Waals surface area contributed by atoms with Crippen LogP contribution in [0.25, 0.3) is 11.6 Å². The molecule has 3 N–H and O–H groups in total. The molecule has 2 aromatic carbocycles. The van der Waals surface area contributed by atoms with Gasteiger partial charge in [-0.2, -0.15) is 4.72 Å². The molecule has 0 fully saturated rings. The minimum Gasteiger partial charge on any atom is -0.495 e. The number of sulfonamides is 1. The third-order valence-electron chi connectivity index (χ3n) is 5.06. The summed E-state index contributed by atoms with van der Waals surface area (Å²) in [5.41, 5.74) is 2.43. The van der Waals surface area contributed by atoms with E-state index in [-0.39, 0.29) is 22.6 Å². The van der Waals surface area contributed by atoms with Crippen molar-refractivity contribution >= 4 is 33.3 Å². The van der Waals surface area contributed by atoms with Gasteiger partial charge < -0.3 is 15.0 Å². The number of methoxy groups -OCH3 is 1. The Bertz CT molecular complexity index is 1430. The molecule has 7 nitrogen and oxygen atoms in total. The minimum absolute atomic E-state index is 0.00263. The van der Waals surface area contributed by atoms with Crippen molar-refractivity contribution in [1.82, 2.24) is 9.71 Å². The van der Waals surface area contributed by atoms with Crippen molar-refractivity contribution in [2.24, 2.45) is 0 Å². The van der Waals surface area contributed by atoms with Gasteiger partial charge in [-0.25, -0.2) is 12.8 Å². The van der Waals surface area contributed by atoms with Crippen LogP contribution in [0.2, 0.25) is 0 Å². The van der Waals surface area contributed by atoms with Gasteiger partial charge in [-0.1, -0.05) is 29.5 Å². The highest BCUT2D eigenvalue weighted by atomic mass is 32.2. The molecule has 0 saturated carbocycles. The van der Waals surface area contributed by atoms with Gasteiger partial charge in [0.15, 0.2) is 0 Å². The molecular weight excluding hydrogens is 445 g/mol. The predicted molar refractivity (Wildman–Crippen MR) is 123 cm³/mol. The van der Waals surface area contributed by atoms with E-state index in [1.165, 1.54) is 31.4 Å². The molecule has 3 aromatic rings. The molecule has 2 heterocycles. The normalized spacial score (nSPS) is 13.9. The van der Waals surface area contributed by atoms with E-state index in [1.54, 1.807) is 30.5 Å². The summed E-state index contributed by atoms with van der Waals surface area (Å²) in [7, 11) is -2.25. The molecule has 0 unspecified atom stereocenters. The number of anilines is 1. The zero-order chi connectivity index (χ0) is 23.6. The highest BCUT2D eigenvalue weighted by Crippen LogP contribution is 2.37. The second kappa shape index (κ2) is 8.94. The quantitative estimate of drug-likeness (QED) is 0.398. The fourth-order valence-electron chi connectivity index (χ4n) is 3.39. The lowest BCUT2D eigenvalue weighted by Crippen LogP contribution is -2.24. The van der Waals surface area contributed by atoms with Crippen LogP contribution in [0, 0.1) is 24.6 Å². The fourth-order valence-corrected chi connectivity index (χ4v) is 4.32. The number of hydrogen-bond acceptors (Lipinski definition) is 4. The third kappa shape index (κ3) is 4.53. The minimum atomic E-state index is -3.76. The number of fused-ring (bicyclic) bond motifs is 1. The molecule has 0 aliphatic carbocycles. The number of aromatic amines is 1. The number of H-pyrrole nitrogens is 1. The van der Waals surface area contributed by atoms with Crippen molar-refractivity contribution in [2.75, 3.05) is 19.0 Å². The number of aryl methyl sites for hydroxylation is 1. The Kier molecular flexibility index (Phi) is 6.05. The fraction of sp³-hybridized carbons (Fsp3) is 0.125. The van der Waals surface area contributed by atoms with Crippen LogP contribution in [-0.4, -0.2) is 33.0 Å². The lowest BCUT2D eigenvalue weighted by Gasteiger charge is -2.05. The van der Waals surface area contributed by atoms with Gasteiger partial charge in [0.25, 0.3) is 5.91 Å². The zero-order valence-electron chi connectivity index (χ0n) is 17.8. The van der Waals surface area contributed by atoms with Gasteiger partial charge in [-0.05, 0) is 43.3 Å². The standard InChI is InChI=1S/C24H20FN3O4S/c1-15-5-7-16(8-6-15)33(30,31)27-12-3-4-17-19(25)9-10-20-23(17)18(24(29)28-20)14-21-22(32-2)11-13-26-21/h5-11,13-14,26-27H,12H2,1-2H3,(H,28,29). The molecule has 1 aliphatic heterocycles. The summed E-state index contributed by atoms with van der Waals surface area (Å²) in [6.45, 7) is 1.63. The first-order chi connectivity index (χ1) is 15.8. The molecule has 4 rings (SSSR count). The average Bonchev–Trinajstić information content (AvgIpc) is 3.37. The second-order valence-corrected chi connectivity index (χ2v) is 9.02. The molecule has 9 heteroatoms. The zero-order valence-corrected chi connectivity index (χ0v) is 18.6. The first kappa shape index (κ1) is 22.3. The van der Waals surface area contributed by atoms with Crippen LogP contribution in [0.4, 0.5) is 10.1 Å². The lowest BCUT2D eigenvalue weighted by atomic mass is 9.99. The average molecular weight is 466 g/mol. The SMILES string of the molecule is COc1cc[nH]c1C=C1C(=O)Nc2ccc(F)c(C#CCNS(=O)(=O)c3ccc(C)cc3)c21. The van der Waals surface area contributed by atoms with Crippen molar-refractivity contribution in [3.8, 4) is 17.6 Å². The summed E-state index contributed by atoms with van der Waals surface area (Å²) in [6, 6.07) is 10.8. The molecular formula is C24H20FN3O4S. The summed E-state index contributed by atoms with van der Waals surface area (Å²) in [5, 5.41) is 2.70. The monoisotopic (exact) mass is 465 g/mol. The van der Waals surface area contributed by atoms with Gasteiger partial charge in [0.1, 0.15) is 11.6 Å². The lowest BCUT2D eigenvalue weighted by molar-refractivity contribution is -0.110. The Balaban J connectivity index is 1.64. The number of aromatic nitrogens is 1. The molecule has 0 spiro atoms. The third-order valence-corrected chi connectivity index (χ3v) is 6.48. The van der Waals surface area contributed by atoms with Crippen LogP contribution < -0.4 is 14.8 Å². The Morgan fingerprint density at radius 1 is 1.15 bits per heavy atom. The molecule has 0 saturated heterocycles. The largest absolute Gasteiger partial charge is 0.495 e. The van der Waals surface area contributed by atoms with E-state index in [1.807, 2.05) is 6.92 Å². The van der Waals surface area contributed by atoms with Gasteiger partial charge >= 0.3 is 0 Å². The maximum absolute atomic E-state index is 14.7. The smallest absolute Gasteiger partial charge is 0.256 e. The van der Waals surface area contributed by atoms with Crippen molar-refractivity contribution < 1.29 is 22.3 Å². The van der Waals surface area contributed by atoms with Crippen LogP contribution in [0.3, 0.4) is 0 Å². The van der Waals surface area contributed by atoms with Crippen LogP contribution in [-0.2, 0) is 14.8 Å². The number of carbonyl (C=O) groups is 1. The van der Waals surface area contributed by atoms with Gasteiger partial charge in [-0.3, -0.25) is 4.79 Å². The van der Waals surface area contributed by atoms with Gasteiger partial charge in [0.2, 0.25) is 10.0 Å². The summed E-state index contributed by atoms with van der Waals surface area (Å²) < 4.78 is 47.1. The Morgan fingerprint density at radius 2 is 1.91 bits per heavy atom. The van der Waals surface area contributed by atoms with Gasteiger partial charge in [0, 0.05) is 11.8 Å². The summed E-state index contributed by atoms with van der Waals surface area (Å²) in [5.74, 6) is 4.82. The molecule has 0 atom stereocenters. The molecule has 0 bridgehead atoms. The van der Waals surface area contributed by atoms with E-state index in [0.29, 0.717) is 22.7 Å². The topological polar surface area (TPSA) is 100 Å². The molecule has 0 radical (unpaired) electrons. The second-order valence-electron chi connectivity index (χ2n) is 7.26. The van der Waals surface area contributed by atoms with E-state index in [0.717, 1.165) is 5.56 Å². The number of halogens is 1. The molecule has 1 amide bonds. The number of rotatable bonds is 5. The van der Waals surface area contributed by atoms with Gasteiger partial charge in [0.05, 0.1) is 41.1 Å². The van der Waals surface area contributed by atoms with Crippen LogP contribution in [0.15, 0.2) is 53.6 Å². The number of amides is 1. The highest BCUT2D eigenvalue weighted by molar-refractivity contribution is 7.89. The van der Waals surface area contributed by atoms with E-state index in [4.69, 9.17) is 4.74 Å². The van der Waals surface area contributed by atoms with Crippen LogP contribution >= 0.6 is 0 Å². The molecule has 33 heavy (non-hydrogen) atoms. The first-order valence-electron chi connectivity index (χ1n) is 9.92. The molecule has 1 aliphatic rings. The Hall–Kier alpha value is -3.87. The van der Waals surface area contributed by atoms with Crippen LogP contribution in [0.1, 0.15) is 22.4 Å². The van der Waals surface area contributed by atoms with Crippen molar-refractivity contribution in [2.45, 2.75) is 11.8 Å². The predicted octanol–water partition coefficient (Wildman–Crippen LogP) is 3.29. The van der Waals surface area contributed by atoms with E-state index in [2.05, 4.69) is 26.9 Å². The van der Waals surface area contributed by atoms with Crippen LogP contribution in [0.5, 0.6) is 5.75 Å². The van der Waals surface area contributed by atoms with Crippen molar-refractivity contribution in [1.29, 1.82) is 0 Å². The summed E-state index contributed by atoms with van der Waals surface area (Å²) >= 11 is 0. The van der Waals surface area contributed by atoms with Crippen molar-refractivity contribution in [3.05, 3.63) is 76.9 Å². The number of ether oxygens (including phenoxy) is 1. The summed E-state index contributed by atoms with van der Waals surface area (Å²) in [6.07, 6.45) is 3.22. The first-order valence-corrected chi connectivity index (χ1v) is 11.4. The maximum atomic E-state index is 14.7. The molecule has 1 aromatic heterocycles. The van der Waals surface area contributed by atoms with Gasteiger partial charge in [-0.15, -0.1) is 0 Å². The number of benzene rings is 2. The molecule has 168 valence electrons. The van der Waals surface area contributed by atoms with E-state index >= 15 is 0 Å². The van der Waals surface area contributed by atoms with E-state index < -0.39 is 21.7 Å². The summed E-state index contributed by atoms with van der Waals surface area (Å²) in [4.78, 5) is 15.6. The number of hydrogen-bond donors (Lipinski definition) is 3. The Morgan fingerprint density at radius 3 is 2.64 bits per heavy atom. The van der Waals surface area contributed by atoms with E-state index in [9.17, 15) is 17.6 Å². The number of carbonyl (C=O) groups excluding carboxylic acids is 1. The number of nitrogens with one attached hydrogen (secondary N) is 3. The maximum Gasteiger partial charge on any atom is 0.256 e. The Labute approximate surface area is 190 Å². The highest BCUT2D eigenvalue weighted by Gasteiger charge is 2.29. The van der Waals surface area contributed by atoms with Crippen molar-refractivity contribution in [3.63, 3.8) is 0 Å².